The zero-order valence-corrected chi connectivity index (χ0v) is 15.1. The molecule has 2 atom stereocenters. The van der Waals surface area contributed by atoms with Crippen LogP contribution in [0.5, 0.6) is 0 Å². The van der Waals surface area contributed by atoms with E-state index in [-0.39, 0.29) is 36.2 Å². The largest absolute Gasteiger partial charge is 0.468 e. The summed E-state index contributed by atoms with van der Waals surface area (Å²) in [5, 5.41) is -1.19. The van der Waals surface area contributed by atoms with Gasteiger partial charge in [0.2, 0.25) is 0 Å². The van der Waals surface area contributed by atoms with Crippen molar-refractivity contribution >= 4 is 34.2 Å². The smallest absolute Gasteiger partial charge is 0.324 e. The fourth-order valence-electron chi connectivity index (χ4n) is 2.04. The van der Waals surface area contributed by atoms with E-state index in [1.54, 1.807) is 12.1 Å². The Labute approximate surface area is 147 Å². The number of guanidine groups is 1. The number of nitrogens with two attached hydrogens (primary N) is 3. The number of nitrogens with zero attached hydrogens (tertiary/aromatic N) is 1. The Kier molecular flexibility index (Phi) is 8.73. The first kappa shape index (κ1) is 22.2. The fourth-order valence-corrected chi connectivity index (χ4v) is 3.82. The van der Waals surface area contributed by atoms with Gasteiger partial charge in [-0.05, 0) is 25.5 Å². The molecule has 0 heterocycles. The summed E-state index contributed by atoms with van der Waals surface area (Å²) in [6.45, 7) is 1.87. The lowest BCUT2D eigenvalue weighted by Crippen LogP contribution is -2.47. The topological polar surface area (TPSA) is 151 Å². The summed E-state index contributed by atoms with van der Waals surface area (Å²) in [5.74, 6) is -0.974. The third-order valence-corrected chi connectivity index (χ3v) is 5.59. The van der Waals surface area contributed by atoms with Gasteiger partial charge in [0.1, 0.15) is 6.04 Å². The second-order valence-corrected chi connectivity index (χ2v) is 7.21. The molecule has 0 saturated carbocycles. The van der Waals surface area contributed by atoms with Gasteiger partial charge in [-0.15, -0.1) is 12.4 Å². The van der Waals surface area contributed by atoms with Crippen molar-refractivity contribution in [3.8, 4) is 0 Å². The molecule has 0 amide bonds. The van der Waals surface area contributed by atoms with Crippen LogP contribution in [0.15, 0.2) is 34.2 Å². The van der Waals surface area contributed by atoms with Crippen LogP contribution < -0.4 is 17.2 Å². The molecule has 24 heavy (non-hydrogen) atoms. The number of esters is 1. The van der Waals surface area contributed by atoms with Crippen molar-refractivity contribution < 1.29 is 17.9 Å². The number of aryl methyl sites for hydroxylation is 1. The molecule has 0 aliphatic carbocycles. The van der Waals surface area contributed by atoms with Crippen LogP contribution in [-0.2, 0) is 19.4 Å². The molecule has 136 valence electrons. The summed E-state index contributed by atoms with van der Waals surface area (Å²) in [7, 11) is -2.70. The molecule has 0 aromatic heterocycles. The van der Waals surface area contributed by atoms with E-state index >= 15 is 0 Å². The maximum Gasteiger partial charge on any atom is 0.324 e. The first-order valence-electron chi connectivity index (χ1n) is 6.89. The average molecular weight is 379 g/mol. The molecule has 1 aromatic rings. The van der Waals surface area contributed by atoms with Crippen molar-refractivity contribution in [3.05, 3.63) is 29.8 Å². The highest BCUT2D eigenvalue weighted by molar-refractivity contribution is 7.92. The predicted molar refractivity (Wildman–Crippen MR) is 94.7 cm³/mol. The first-order valence-corrected chi connectivity index (χ1v) is 8.44. The molecule has 1 rings (SSSR count). The van der Waals surface area contributed by atoms with E-state index in [2.05, 4.69) is 9.73 Å². The van der Waals surface area contributed by atoms with Crippen LogP contribution in [0.25, 0.3) is 0 Å². The van der Waals surface area contributed by atoms with Gasteiger partial charge in [-0.25, -0.2) is 8.42 Å². The monoisotopic (exact) mass is 378 g/mol. The van der Waals surface area contributed by atoms with E-state index in [4.69, 9.17) is 17.2 Å². The van der Waals surface area contributed by atoms with Gasteiger partial charge >= 0.3 is 5.97 Å². The van der Waals surface area contributed by atoms with E-state index in [0.29, 0.717) is 0 Å². The van der Waals surface area contributed by atoms with E-state index in [9.17, 15) is 13.2 Å². The summed E-state index contributed by atoms with van der Waals surface area (Å²) in [6, 6.07) is 4.96. The number of rotatable bonds is 7. The third-order valence-electron chi connectivity index (χ3n) is 3.33. The number of ether oxygens (including phenoxy) is 1. The number of aliphatic imine (C=N–C) groups is 1. The van der Waals surface area contributed by atoms with E-state index in [1.807, 2.05) is 6.92 Å². The number of methoxy groups -OCH3 is 1. The summed E-state index contributed by atoms with van der Waals surface area (Å²) in [4.78, 5) is 15.5. The normalized spacial score (nSPS) is 13.3. The molecule has 2 unspecified atom stereocenters. The van der Waals surface area contributed by atoms with Crippen molar-refractivity contribution in [1.29, 1.82) is 0 Å². The van der Waals surface area contributed by atoms with Crippen molar-refractivity contribution in [2.75, 3.05) is 13.7 Å². The number of benzene rings is 1. The Bertz CT molecular complexity index is 673. The molecular weight excluding hydrogens is 356 g/mol. The Hall–Kier alpha value is -1.84. The van der Waals surface area contributed by atoms with E-state index < -0.39 is 27.1 Å². The minimum absolute atomic E-state index is 0. The molecule has 0 fully saturated rings. The molecule has 0 aliphatic heterocycles. The summed E-state index contributed by atoms with van der Waals surface area (Å²) in [6.07, 6.45) is -0.00955. The van der Waals surface area contributed by atoms with Gasteiger partial charge in [0, 0.05) is 6.54 Å². The summed E-state index contributed by atoms with van der Waals surface area (Å²) >= 11 is 0. The highest BCUT2D eigenvalue weighted by Crippen LogP contribution is 2.21. The molecule has 0 bridgehead atoms. The van der Waals surface area contributed by atoms with Crippen LogP contribution >= 0.6 is 12.4 Å². The molecule has 0 saturated heterocycles. The number of carbonyl (C=O) groups is 1. The van der Waals surface area contributed by atoms with Gasteiger partial charge in [0.25, 0.3) is 0 Å². The Morgan fingerprint density at radius 2 is 1.79 bits per heavy atom. The number of carbonyl (C=O) groups excluding carboxylic acids is 1. The van der Waals surface area contributed by atoms with Gasteiger partial charge in [-0.3, -0.25) is 9.79 Å². The molecule has 1 aromatic carbocycles. The third kappa shape index (κ3) is 5.66. The summed E-state index contributed by atoms with van der Waals surface area (Å²) < 4.78 is 30.1. The second kappa shape index (κ2) is 9.45. The molecule has 6 N–H and O–H groups in total. The van der Waals surface area contributed by atoms with Crippen molar-refractivity contribution in [1.82, 2.24) is 0 Å². The minimum Gasteiger partial charge on any atom is -0.468 e. The lowest BCUT2D eigenvalue weighted by atomic mass is 10.1. The molecular formula is C14H23ClN4O4S. The second-order valence-electron chi connectivity index (χ2n) is 5.04. The molecule has 10 heteroatoms. The zero-order valence-electron chi connectivity index (χ0n) is 13.5. The van der Waals surface area contributed by atoms with Crippen LogP contribution in [-0.4, -0.2) is 45.3 Å². The number of sulfone groups is 1. The average Bonchev–Trinajstić information content (AvgIpc) is 2.50. The maximum absolute atomic E-state index is 12.8. The Morgan fingerprint density at radius 1 is 1.25 bits per heavy atom. The highest BCUT2D eigenvalue weighted by Gasteiger charge is 2.37. The predicted octanol–water partition coefficient (Wildman–Crippen LogP) is -0.277. The minimum atomic E-state index is -3.85. The van der Waals surface area contributed by atoms with Crippen molar-refractivity contribution in [3.63, 3.8) is 0 Å². The fraction of sp³-hybridized carbons (Fsp3) is 0.429. The van der Waals surface area contributed by atoms with Crippen molar-refractivity contribution in [2.45, 2.75) is 29.5 Å². The van der Waals surface area contributed by atoms with Crippen LogP contribution in [0, 0.1) is 6.92 Å². The van der Waals surface area contributed by atoms with Crippen LogP contribution in [0.3, 0.4) is 0 Å². The highest BCUT2D eigenvalue weighted by atomic mass is 35.5. The van der Waals surface area contributed by atoms with Gasteiger partial charge in [-0.1, -0.05) is 17.7 Å². The number of hydrogen-bond acceptors (Lipinski definition) is 6. The molecule has 0 aliphatic rings. The first-order chi connectivity index (χ1) is 10.7. The van der Waals surface area contributed by atoms with Crippen LogP contribution in [0.2, 0.25) is 0 Å². The molecule has 0 radical (unpaired) electrons. The molecule has 0 spiro atoms. The summed E-state index contributed by atoms with van der Waals surface area (Å²) in [5.41, 5.74) is 17.2. The molecule has 8 nitrogen and oxygen atoms in total. The van der Waals surface area contributed by atoms with Crippen molar-refractivity contribution in [2.24, 2.45) is 22.2 Å². The van der Waals surface area contributed by atoms with Gasteiger partial charge in [0.15, 0.2) is 15.8 Å². The lowest BCUT2D eigenvalue weighted by molar-refractivity contribution is -0.142. The number of hydrogen-bond donors (Lipinski definition) is 3. The van der Waals surface area contributed by atoms with Gasteiger partial charge < -0.3 is 21.9 Å². The standard InChI is InChI=1S/C14H22N4O4S.ClH/c1-9-3-5-10(6-4-9)23(20,21)11(7-8-18-14(16)17)12(15)13(19)22-2;/h3-6,11-12H,7-8,15H2,1-2H3,(H4,16,17,18);1H. The van der Waals surface area contributed by atoms with Crippen LogP contribution in [0.1, 0.15) is 12.0 Å². The van der Waals surface area contributed by atoms with E-state index in [0.717, 1.165) is 12.7 Å². The van der Waals surface area contributed by atoms with E-state index in [1.165, 1.54) is 12.1 Å². The Morgan fingerprint density at radius 3 is 2.25 bits per heavy atom. The maximum atomic E-state index is 12.8. The quantitative estimate of drug-likeness (QED) is 0.335. The van der Waals surface area contributed by atoms with Gasteiger partial charge in [-0.2, -0.15) is 0 Å². The van der Waals surface area contributed by atoms with Crippen LogP contribution in [0.4, 0.5) is 0 Å². The lowest BCUT2D eigenvalue weighted by Gasteiger charge is -2.22. The van der Waals surface area contributed by atoms with Gasteiger partial charge in [0.05, 0.1) is 17.3 Å². The number of halogens is 1. The Balaban J connectivity index is 0.00000529. The zero-order chi connectivity index (χ0) is 17.6. The SMILES string of the molecule is COC(=O)C(N)C(CCN=C(N)N)S(=O)(=O)c1ccc(C)cc1.Cl.